The van der Waals surface area contributed by atoms with Crippen LogP contribution in [0.25, 0.3) is 0 Å². The molecule has 2 N–H and O–H groups in total. The SMILES string of the molecule is CCOC(=O)[C@H]1[C@H]2C(=O)N(CCCCCCO)C(C(=O)NC3CCCCC3)C23CC[C@]1(CC)O3. The topological polar surface area (TPSA) is 105 Å². The molecular weight excluding hydrogens is 436 g/mol. The van der Waals surface area contributed by atoms with Gasteiger partial charge in [0.1, 0.15) is 17.6 Å². The smallest absolute Gasteiger partial charge is 0.312 e. The molecule has 0 aromatic carbocycles. The molecule has 8 heteroatoms. The highest BCUT2D eigenvalue weighted by Crippen LogP contribution is 2.64. The van der Waals surface area contributed by atoms with Crippen molar-refractivity contribution in [3.05, 3.63) is 0 Å². The fraction of sp³-hybridized carbons (Fsp3) is 0.885. The van der Waals surface area contributed by atoms with E-state index in [9.17, 15) is 14.4 Å². The van der Waals surface area contributed by atoms with Gasteiger partial charge in [-0.3, -0.25) is 14.4 Å². The highest BCUT2D eigenvalue weighted by atomic mass is 16.6. The van der Waals surface area contributed by atoms with E-state index in [0.717, 1.165) is 51.4 Å². The summed E-state index contributed by atoms with van der Waals surface area (Å²) < 4.78 is 12.1. The van der Waals surface area contributed by atoms with Crippen LogP contribution in [0.3, 0.4) is 0 Å². The van der Waals surface area contributed by atoms with Gasteiger partial charge < -0.3 is 24.8 Å². The van der Waals surface area contributed by atoms with Gasteiger partial charge in [-0.25, -0.2) is 0 Å². The first kappa shape index (κ1) is 25.4. The Bertz CT molecular complexity index is 768. The minimum Gasteiger partial charge on any atom is -0.466 e. The maximum atomic E-state index is 13.9. The highest BCUT2D eigenvalue weighted by molar-refractivity contribution is 5.98. The van der Waals surface area contributed by atoms with Gasteiger partial charge in [0.15, 0.2) is 0 Å². The van der Waals surface area contributed by atoms with E-state index in [1.807, 2.05) is 6.92 Å². The van der Waals surface area contributed by atoms with Crippen molar-refractivity contribution >= 4 is 17.8 Å². The van der Waals surface area contributed by atoms with E-state index >= 15 is 0 Å². The zero-order chi connectivity index (χ0) is 24.3. The molecule has 3 heterocycles. The molecule has 0 aromatic heterocycles. The number of esters is 1. The molecule has 2 unspecified atom stereocenters. The number of hydrogen-bond acceptors (Lipinski definition) is 6. The molecule has 4 rings (SSSR count). The molecule has 0 aromatic rings. The summed E-state index contributed by atoms with van der Waals surface area (Å²) in [6.45, 7) is 4.64. The molecule has 3 aliphatic heterocycles. The number of carbonyl (C=O) groups is 3. The minimum absolute atomic E-state index is 0.130. The number of amides is 2. The molecule has 34 heavy (non-hydrogen) atoms. The lowest BCUT2D eigenvalue weighted by Gasteiger charge is -2.35. The molecule has 8 nitrogen and oxygen atoms in total. The molecule has 192 valence electrons. The van der Waals surface area contributed by atoms with Crippen LogP contribution in [0.2, 0.25) is 0 Å². The van der Waals surface area contributed by atoms with E-state index in [1.54, 1.807) is 11.8 Å². The monoisotopic (exact) mass is 478 g/mol. The molecule has 2 amide bonds. The molecule has 1 aliphatic carbocycles. The Morgan fingerprint density at radius 2 is 1.85 bits per heavy atom. The quantitative estimate of drug-likeness (QED) is 0.349. The van der Waals surface area contributed by atoms with Crippen molar-refractivity contribution in [1.29, 1.82) is 0 Å². The lowest BCUT2D eigenvalue weighted by molar-refractivity contribution is -0.160. The van der Waals surface area contributed by atoms with Crippen LogP contribution in [0.5, 0.6) is 0 Å². The maximum absolute atomic E-state index is 13.9. The zero-order valence-corrected chi connectivity index (χ0v) is 20.9. The number of nitrogens with one attached hydrogen (secondary N) is 1. The number of rotatable bonds is 11. The Hall–Kier alpha value is -1.67. The van der Waals surface area contributed by atoms with Crippen molar-refractivity contribution in [3.8, 4) is 0 Å². The highest BCUT2D eigenvalue weighted by Gasteiger charge is 2.78. The number of aliphatic hydroxyl groups excluding tert-OH is 1. The van der Waals surface area contributed by atoms with Crippen molar-refractivity contribution < 1.29 is 29.0 Å². The molecule has 5 atom stereocenters. The molecule has 2 bridgehead atoms. The van der Waals surface area contributed by atoms with E-state index < -0.39 is 29.1 Å². The van der Waals surface area contributed by atoms with Crippen LogP contribution in [-0.2, 0) is 23.9 Å². The second kappa shape index (κ2) is 10.5. The predicted octanol–water partition coefficient (Wildman–Crippen LogP) is 2.71. The molecule has 3 saturated heterocycles. The van der Waals surface area contributed by atoms with Crippen LogP contribution in [0, 0.1) is 11.8 Å². The van der Waals surface area contributed by atoms with Gasteiger partial charge in [0, 0.05) is 19.2 Å². The Labute approximate surface area is 203 Å². The molecule has 0 radical (unpaired) electrons. The summed E-state index contributed by atoms with van der Waals surface area (Å²) in [5.74, 6) is -1.98. The standard InChI is InChI=1S/C26H42N2O6/c1-3-25-14-15-26(34-25)19(20(25)24(32)33-4-2)23(31)28(16-10-5-6-11-17-29)21(26)22(30)27-18-12-8-7-9-13-18/h18-21,29H,3-17H2,1-2H3,(H,27,30)/t19-,20+,21?,25-,26?/m0/s1. The number of likely N-dealkylation sites (tertiary alicyclic amines) is 1. The Balaban J connectivity index is 1.62. The van der Waals surface area contributed by atoms with Crippen molar-refractivity contribution in [2.24, 2.45) is 11.8 Å². The second-order valence-electron chi connectivity index (χ2n) is 10.6. The molecule has 4 fully saturated rings. The fourth-order valence-corrected chi connectivity index (χ4v) is 7.12. The van der Waals surface area contributed by atoms with Gasteiger partial charge in [-0.15, -0.1) is 0 Å². The minimum atomic E-state index is -0.964. The van der Waals surface area contributed by atoms with E-state index in [4.69, 9.17) is 14.6 Å². The van der Waals surface area contributed by atoms with Crippen molar-refractivity contribution in [1.82, 2.24) is 10.2 Å². The third-order valence-corrected chi connectivity index (χ3v) is 8.73. The average Bonchev–Trinajstić information content (AvgIpc) is 3.43. The summed E-state index contributed by atoms with van der Waals surface area (Å²) in [6, 6.07) is -0.574. The van der Waals surface area contributed by atoms with Gasteiger partial charge in [-0.1, -0.05) is 39.0 Å². The van der Waals surface area contributed by atoms with Crippen LogP contribution in [-0.4, -0.2) is 70.8 Å². The van der Waals surface area contributed by atoms with E-state index in [2.05, 4.69) is 5.32 Å². The van der Waals surface area contributed by atoms with Crippen LogP contribution >= 0.6 is 0 Å². The molecule has 1 saturated carbocycles. The summed E-state index contributed by atoms with van der Waals surface area (Å²) in [7, 11) is 0. The number of nitrogens with zero attached hydrogens (tertiary/aromatic N) is 1. The zero-order valence-electron chi connectivity index (χ0n) is 20.9. The summed E-state index contributed by atoms with van der Waals surface area (Å²) in [6.07, 6.45) is 10.5. The predicted molar refractivity (Wildman–Crippen MR) is 126 cm³/mol. The van der Waals surface area contributed by atoms with Crippen molar-refractivity contribution in [3.63, 3.8) is 0 Å². The van der Waals surface area contributed by atoms with E-state index in [-0.39, 0.29) is 37.0 Å². The van der Waals surface area contributed by atoms with Crippen molar-refractivity contribution in [2.75, 3.05) is 19.8 Å². The first-order valence-corrected chi connectivity index (χ1v) is 13.5. The molecular formula is C26H42N2O6. The molecule has 1 spiro atoms. The number of unbranched alkanes of at least 4 members (excludes halogenated alkanes) is 3. The first-order valence-electron chi connectivity index (χ1n) is 13.5. The second-order valence-corrected chi connectivity index (χ2v) is 10.6. The van der Waals surface area contributed by atoms with Gasteiger partial charge in [0.2, 0.25) is 11.8 Å². The number of hydrogen-bond donors (Lipinski definition) is 2. The Morgan fingerprint density at radius 3 is 2.53 bits per heavy atom. The van der Waals surface area contributed by atoms with Crippen LogP contribution in [0.1, 0.15) is 90.9 Å². The van der Waals surface area contributed by atoms with Crippen LogP contribution < -0.4 is 5.32 Å². The number of carbonyl (C=O) groups excluding carboxylic acids is 3. The third-order valence-electron chi connectivity index (χ3n) is 8.73. The lowest BCUT2D eigenvalue weighted by atomic mass is 9.65. The van der Waals surface area contributed by atoms with Gasteiger partial charge in [0.05, 0.1) is 18.1 Å². The summed E-state index contributed by atoms with van der Waals surface area (Å²) in [4.78, 5) is 42.5. The van der Waals surface area contributed by atoms with Crippen molar-refractivity contribution in [2.45, 2.75) is 114 Å². The third kappa shape index (κ3) is 4.25. The number of aliphatic hydroxyl groups is 1. The van der Waals surface area contributed by atoms with Crippen LogP contribution in [0.4, 0.5) is 0 Å². The summed E-state index contributed by atoms with van der Waals surface area (Å²) in [5.41, 5.74) is -1.70. The fourth-order valence-electron chi connectivity index (χ4n) is 7.12. The van der Waals surface area contributed by atoms with Crippen LogP contribution in [0.15, 0.2) is 0 Å². The Morgan fingerprint density at radius 1 is 1.12 bits per heavy atom. The Kier molecular flexibility index (Phi) is 7.87. The maximum Gasteiger partial charge on any atom is 0.312 e. The first-order chi connectivity index (χ1) is 16.4. The number of ether oxygens (including phenoxy) is 2. The van der Waals surface area contributed by atoms with E-state index in [1.165, 1.54) is 6.42 Å². The molecule has 4 aliphatic rings. The van der Waals surface area contributed by atoms with Gasteiger partial charge in [-0.05, 0) is 51.9 Å². The number of fused-ring (bicyclic) bond motifs is 1. The largest absolute Gasteiger partial charge is 0.466 e. The lowest BCUT2D eigenvalue weighted by Crippen LogP contribution is -2.57. The van der Waals surface area contributed by atoms with Gasteiger partial charge in [-0.2, -0.15) is 0 Å². The normalized spacial score (nSPS) is 35.0. The summed E-state index contributed by atoms with van der Waals surface area (Å²) >= 11 is 0. The average molecular weight is 479 g/mol. The van der Waals surface area contributed by atoms with E-state index in [0.29, 0.717) is 25.8 Å². The van der Waals surface area contributed by atoms with Gasteiger partial charge >= 0.3 is 5.97 Å². The summed E-state index contributed by atoms with van der Waals surface area (Å²) in [5, 5.41) is 12.3. The van der Waals surface area contributed by atoms with Gasteiger partial charge in [0.25, 0.3) is 0 Å².